The van der Waals surface area contributed by atoms with Crippen molar-refractivity contribution in [2.24, 2.45) is 0 Å². The Morgan fingerprint density at radius 3 is 2.39 bits per heavy atom. The molecule has 0 fully saturated rings. The number of hydrogen-bond acceptors (Lipinski definition) is 5. The van der Waals surface area contributed by atoms with E-state index in [0.29, 0.717) is 19.5 Å². The Hall–Kier alpha value is -1.08. The van der Waals surface area contributed by atoms with Crippen molar-refractivity contribution >= 4 is 29.4 Å². The quantitative estimate of drug-likeness (QED) is 0.488. The Morgan fingerprint density at radius 2 is 1.83 bits per heavy atom. The van der Waals surface area contributed by atoms with Crippen LogP contribution in [0.5, 0.6) is 0 Å². The highest BCUT2D eigenvalue weighted by Gasteiger charge is 2.27. The molecule has 0 saturated carbocycles. The fraction of sp³-hybridized carbons (Fsp3) is 0.812. The normalized spacial score (nSPS) is 11.8. The lowest BCUT2D eigenvalue weighted by molar-refractivity contribution is -0.140. The van der Waals surface area contributed by atoms with E-state index >= 15 is 0 Å². The molecule has 134 valence electrons. The van der Waals surface area contributed by atoms with Gasteiger partial charge in [-0.2, -0.15) is 11.8 Å². The molecule has 0 aromatic heterocycles. The molecule has 0 aliphatic rings. The van der Waals surface area contributed by atoms with Crippen molar-refractivity contribution in [2.45, 2.75) is 45.1 Å². The Bertz CT molecular complexity index is 378. The molecule has 0 spiro atoms. The average Bonchev–Trinajstić information content (AvgIpc) is 2.51. The van der Waals surface area contributed by atoms with Crippen LogP contribution in [0.15, 0.2) is 0 Å². The zero-order chi connectivity index (χ0) is 17.7. The number of carbonyl (C=O) groups is 3. The van der Waals surface area contributed by atoms with Gasteiger partial charge in [-0.25, -0.2) is 0 Å². The maximum atomic E-state index is 12.3. The molecule has 0 radical (unpaired) electrons. The number of ketones is 1. The molecule has 0 aromatic carbocycles. The Kier molecular flexibility index (Phi) is 12.7. The summed E-state index contributed by atoms with van der Waals surface area (Å²) in [5, 5.41) is 5.69. The minimum atomic E-state index is -0.719. The van der Waals surface area contributed by atoms with E-state index in [9.17, 15) is 14.4 Å². The van der Waals surface area contributed by atoms with Gasteiger partial charge in [0, 0.05) is 33.0 Å². The van der Waals surface area contributed by atoms with Crippen molar-refractivity contribution < 1.29 is 14.4 Å². The zero-order valence-corrected chi connectivity index (χ0v) is 15.6. The molecule has 1 unspecified atom stereocenters. The summed E-state index contributed by atoms with van der Waals surface area (Å²) in [5.74, 6) is 0.654. The van der Waals surface area contributed by atoms with Crippen LogP contribution in [-0.2, 0) is 14.4 Å². The minimum Gasteiger partial charge on any atom is -0.353 e. The van der Waals surface area contributed by atoms with E-state index in [0.717, 1.165) is 25.0 Å². The van der Waals surface area contributed by atoms with Crippen molar-refractivity contribution in [2.75, 3.05) is 39.2 Å². The first-order valence-corrected chi connectivity index (χ1v) is 9.49. The molecule has 7 heteroatoms. The van der Waals surface area contributed by atoms with Gasteiger partial charge in [0.05, 0.1) is 0 Å². The van der Waals surface area contributed by atoms with E-state index in [2.05, 4.69) is 16.9 Å². The summed E-state index contributed by atoms with van der Waals surface area (Å²) in [7, 11) is 3.40. The van der Waals surface area contributed by atoms with Gasteiger partial charge in [0.15, 0.2) is 0 Å². The first-order chi connectivity index (χ1) is 10.9. The third kappa shape index (κ3) is 10.3. The largest absolute Gasteiger partial charge is 0.353 e. The molecule has 0 saturated heterocycles. The molecule has 2 N–H and O–H groups in total. The number of likely N-dealkylation sites (N-methyl/N-ethyl adjacent to an activating group) is 2. The zero-order valence-electron chi connectivity index (χ0n) is 14.8. The number of nitrogens with one attached hydrogen (secondary N) is 2. The van der Waals surface area contributed by atoms with Gasteiger partial charge in [-0.15, -0.1) is 0 Å². The number of hydrogen-bond donors (Lipinski definition) is 2. The summed E-state index contributed by atoms with van der Waals surface area (Å²) in [6.45, 7) is 2.56. The maximum Gasteiger partial charge on any atom is 0.243 e. The highest BCUT2D eigenvalue weighted by atomic mass is 32.2. The smallest absolute Gasteiger partial charge is 0.243 e. The first kappa shape index (κ1) is 21.9. The molecule has 0 heterocycles. The van der Waals surface area contributed by atoms with E-state index in [-0.39, 0.29) is 24.0 Å². The molecule has 0 aromatic rings. The second-order valence-corrected chi connectivity index (χ2v) is 6.61. The molecule has 0 rings (SSSR count). The van der Waals surface area contributed by atoms with Crippen molar-refractivity contribution in [1.82, 2.24) is 15.5 Å². The number of Topliss-reactive ketones (excluding diaryl/α,β-unsaturated/α-hetero) is 1. The number of nitrogens with zero attached hydrogens (tertiary/aromatic N) is 1. The molecule has 2 amide bonds. The van der Waals surface area contributed by atoms with Crippen LogP contribution in [0, 0.1) is 0 Å². The van der Waals surface area contributed by atoms with Crippen LogP contribution in [0.2, 0.25) is 0 Å². The van der Waals surface area contributed by atoms with Gasteiger partial charge in [-0.3, -0.25) is 14.4 Å². The Labute approximate surface area is 144 Å². The molecule has 0 aliphatic carbocycles. The van der Waals surface area contributed by atoms with Gasteiger partial charge in [-0.05, 0) is 38.8 Å². The summed E-state index contributed by atoms with van der Waals surface area (Å²) >= 11 is 1.80. The van der Waals surface area contributed by atoms with Crippen LogP contribution >= 0.6 is 11.8 Å². The second-order valence-electron chi connectivity index (χ2n) is 5.62. The fourth-order valence-corrected chi connectivity index (χ4v) is 2.65. The molecule has 6 nitrogen and oxygen atoms in total. The molecule has 1 atom stereocenters. The summed E-state index contributed by atoms with van der Waals surface area (Å²) < 4.78 is 0. The van der Waals surface area contributed by atoms with Gasteiger partial charge in [-0.1, -0.05) is 6.42 Å². The third-order valence-electron chi connectivity index (χ3n) is 3.56. The van der Waals surface area contributed by atoms with E-state index in [1.54, 1.807) is 25.9 Å². The third-order valence-corrected chi connectivity index (χ3v) is 4.25. The fourth-order valence-electron chi connectivity index (χ4n) is 2.16. The van der Waals surface area contributed by atoms with E-state index in [1.165, 1.54) is 11.8 Å². The predicted octanol–water partition coefficient (Wildman–Crippen LogP) is 1.05. The van der Waals surface area contributed by atoms with Crippen molar-refractivity contribution in [3.8, 4) is 0 Å². The van der Waals surface area contributed by atoms with Crippen LogP contribution in [0.1, 0.15) is 39.0 Å². The monoisotopic (exact) mass is 345 g/mol. The van der Waals surface area contributed by atoms with Crippen molar-refractivity contribution in [3.05, 3.63) is 0 Å². The molecule has 0 bridgehead atoms. The van der Waals surface area contributed by atoms with Crippen LogP contribution < -0.4 is 10.6 Å². The van der Waals surface area contributed by atoms with Crippen LogP contribution in [0.25, 0.3) is 0 Å². The molecular formula is C16H31N3O3S. The second kappa shape index (κ2) is 13.4. The van der Waals surface area contributed by atoms with Crippen LogP contribution in [0.4, 0.5) is 0 Å². The summed E-state index contributed by atoms with van der Waals surface area (Å²) in [4.78, 5) is 37.3. The number of thioether (sulfide) groups is 1. The summed E-state index contributed by atoms with van der Waals surface area (Å²) in [6, 6.07) is -0.719. The van der Waals surface area contributed by atoms with Gasteiger partial charge in [0.1, 0.15) is 11.8 Å². The number of amides is 2. The average molecular weight is 346 g/mol. The van der Waals surface area contributed by atoms with E-state index in [1.807, 2.05) is 0 Å². The lowest BCUT2D eigenvalue weighted by Gasteiger charge is -2.26. The summed E-state index contributed by atoms with van der Waals surface area (Å²) in [6.07, 6.45) is 5.46. The van der Waals surface area contributed by atoms with E-state index in [4.69, 9.17) is 0 Å². The topological polar surface area (TPSA) is 78.5 Å². The van der Waals surface area contributed by atoms with Gasteiger partial charge >= 0.3 is 0 Å². The highest BCUT2D eigenvalue weighted by Crippen LogP contribution is 2.10. The molecular weight excluding hydrogens is 314 g/mol. The molecule has 23 heavy (non-hydrogen) atoms. The summed E-state index contributed by atoms with van der Waals surface area (Å²) in [5.41, 5.74) is 0. The van der Waals surface area contributed by atoms with Crippen molar-refractivity contribution in [1.29, 1.82) is 0 Å². The van der Waals surface area contributed by atoms with Gasteiger partial charge in [0.2, 0.25) is 11.8 Å². The Morgan fingerprint density at radius 1 is 1.13 bits per heavy atom. The SMILES string of the molecule is CNCCNC(=O)C(CC(C)=O)N(C)C(=O)CCCCCSC. The van der Waals surface area contributed by atoms with Gasteiger partial charge in [0.25, 0.3) is 0 Å². The maximum absolute atomic E-state index is 12.3. The first-order valence-electron chi connectivity index (χ1n) is 8.10. The number of carbonyl (C=O) groups excluding carboxylic acids is 3. The van der Waals surface area contributed by atoms with E-state index < -0.39 is 6.04 Å². The van der Waals surface area contributed by atoms with Gasteiger partial charge < -0.3 is 15.5 Å². The predicted molar refractivity (Wildman–Crippen MR) is 95.6 cm³/mol. The minimum absolute atomic E-state index is 0.0557. The van der Waals surface area contributed by atoms with Crippen LogP contribution in [-0.4, -0.2) is 67.7 Å². The van der Waals surface area contributed by atoms with Crippen LogP contribution in [0.3, 0.4) is 0 Å². The Balaban J connectivity index is 4.47. The highest BCUT2D eigenvalue weighted by molar-refractivity contribution is 7.98. The standard InChI is InChI=1S/C16H31N3O3S/c1-13(20)12-14(16(22)18-10-9-17-2)19(3)15(21)8-6-5-7-11-23-4/h14,17H,5-12H2,1-4H3,(H,18,22). The number of rotatable bonds is 13. The van der Waals surface area contributed by atoms with Crippen molar-refractivity contribution in [3.63, 3.8) is 0 Å². The number of unbranched alkanes of at least 4 members (excludes halogenated alkanes) is 2. The lowest BCUT2D eigenvalue weighted by Crippen LogP contribution is -2.49. The molecule has 0 aliphatic heterocycles. The lowest BCUT2D eigenvalue weighted by atomic mass is 10.1.